The maximum absolute atomic E-state index is 13.1. The van der Waals surface area contributed by atoms with Gasteiger partial charge in [0.05, 0.1) is 57.9 Å². The number of rotatable bonds is 10. The van der Waals surface area contributed by atoms with Crippen molar-refractivity contribution in [3.8, 4) is 11.5 Å². The van der Waals surface area contributed by atoms with Gasteiger partial charge in [0.1, 0.15) is 11.4 Å². The average molecular weight is 1060 g/mol. The lowest BCUT2D eigenvalue weighted by atomic mass is 9.82. The molecule has 0 spiro atoms. The summed E-state index contributed by atoms with van der Waals surface area (Å²) in [5.74, 6) is -0.409. The highest BCUT2D eigenvalue weighted by molar-refractivity contribution is 7.87. The Balaban J connectivity index is 0.000000151. The molecule has 76 heavy (non-hydrogen) atoms. The smallest absolute Gasteiger partial charge is 0.296 e. The van der Waals surface area contributed by atoms with Crippen molar-refractivity contribution in [2.75, 3.05) is 25.3 Å². The van der Waals surface area contributed by atoms with Crippen LogP contribution in [0.5, 0.6) is 11.5 Å². The van der Waals surface area contributed by atoms with E-state index in [4.69, 9.17) is 5.73 Å². The van der Waals surface area contributed by atoms with Crippen molar-refractivity contribution in [2.24, 2.45) is 26.4 Å². The second-order valence-corrected chi connectivity index (χ2v) is 21.3. The summed E-state index contributed by atoms with van der Waals surface area (Å²) in [6.07, 6.45) is 5.41. The van der Waals surface area contributed by atoms with Gasteiger partial charge < -0.3 is 21.3 Å². The third-order valence-electron chi connectivity index (χ3n) is 12.5. The Morgan fingerprint density at radius 3 is 1.91 bits per heavy atom. The number of hydrogen-bond acceptors (Lipinski definition) is 16. The Labute approximate surface area is 439 Å². The van der Waals surface area contributed by atoms with Crippen LogP contribution >= 0.6 is 0 Å². The van der Waals surface area contributed by atoms with Crippen LogP contribution in [0.3, 0.4) is 0 Å². The summed E-state index contributed by atoms with van der Waals surface area (Å²) in [6.45, 7) is 7.91. The molecule has 1 atom stereocenters. The van der Waals surface area contributed by atoms with Gasteiger partial charge in [0.25, 0.3) is 20.2 Å². The number of carbonyl (C=O) groups excluding carboxylic acids is 2. The molecule has 5 N–H and O–H groups in total. The first-order valence-corrected chi connectivity index (χ1v) is 26.5. The molecule has 0 aliphatic heterocycles. The first-order chi connectivity index (χ1) is 36.3. The summed E-state index contributed by atoms with van der Waals surface area (Å²) in [7, 11) is -5.37. The van der Waals surface area contributed by atoms with Gasteiger partial charge in [0, 0.05) is 33.1 Å². The molecule has 2 aliphatic carbocycles. The third-order valence-corrected chi connectivity index (χ3v) is 15.0. The van der Waals surface area contributed by atoms with E-state index in [0.29, 0.717) is 50.4 Å². The molecule has 18 heteroatoms. The predicted octanol–water partition coefficient (Wildman–Crippen LogP) is 11.8. The van der Waals surface area contributed by atoms with Crippen molar-refractivity contribution in [3.63, 3.8) is 0 Å². The van der Waals surface area contributed by atoms with Gasteiger partial charge in [0.2, 0.25) is 0 Å². The zero-order valence-electron chi connectivity index (χ0n) is 42.1. The predicted molar refractivity (Wildman–Crippen MR) is 293 cm³/mol. The van der Waals surface area contributed by atoms with Gasteiger partial charge >= 0.3 is 0 Å². The second-order valence-electron chi connectivity index (χ2n) is 17.9. The monoisotopic (exact) mass is 1060 g/mol. The van der Waals surface area contributed by atoms with Gasteiger partial charge in [-0.25, -0.2) is 0 Å². The summed E-state index contributed by atoms with van der Waals surface area (Å²) >= 11 is 0. The number of carbonyl (C=O) groups is 2. The van der Waals surface area contributed by atoms with Gasteiger partial charge in [-0.3, -0.25) is 18.0 Å². The van der Waals surface area contributed by atoms with Crippen LogP contribution in [0, 0.1) is 26.7 Å². The summed E-state index contributed by atoms with van der Waals surface area (Å²) in [4.78, 5) is 25.9. The molecule has 10 rings (SSSR count). The Hall–Kier alpha value is -8.68. The number of fused-ring (bicyclic) bond motifs is 4. The molecular formula is C58H52N6O10S2. The van der Waals surface area contributed by atoms with E-state index in [0.717, 1.165) is 48.4 Å². The van der Waals surface area contributed by atoms with Crippen molar-refractivity contribution in [1.82, 2.24) is 0 Å². The van der Waals surface area contributed by atoms with E-state index >= 15 is 0 Å². The Bertz CT molecular complexity index is 4020. The highest BCUT2D eigenvalue weighted by Crippen LogP contribution is 2.43. The van der Waals surface area contributed by atoms with Gasteiger partial charge in [-0.15, -0.1) is 10.2 Å². The van der Waals surface area contributed by atoms with E-state index < -0.39 is 20.2 Å². The van der Waals surface area contributed by atoms with E-state index in [1.165, 1.54) is 35.6 Å². The lowest BCUT2D eigenvalue weighted by molar-refractivity contribution is 0.0977. The minimum absolute atomic E-state index is 0.0588. The van der Waals surface area contributed by atoms with Crippen LogP contribution in [-0.4, -0.2) is 52.8 Å². The fraction of sp³-hybridized carbons (Fsp3) is 0.138. The molecule has 0 saturated carbocycles. The number of anilines is 3. The molecule has 0 amide bonds. The third kappa shape index (κ3) is 11.5. The van der Waals surface area contributed by atoms with Crippen LogP contribution in [0.15, 0.2) is 176 Å². The summed E-state index contributed by atoms with van der Waals surface area (Å²) < 4.78 is 56.0. The lowest BCUT2D eigenvalue weighted by Gasteiger charge is -2.22. The minimum Gasteiger partial charge on any atom is -0.507 e. The van der Waals surface area contributed by atoms with E-state index in [2.05, 4.69) is 59.3 Å². The Kier molecular flexibility index (Phi) is 15.8. The number of nitrogens with one attached hydrogen (secondary N) is 1. The Morgan fingerprint density at radius 1 is 0.618 bits per heavy atom. The molecule has 8 aromatic rings. The van der Waals surface area contributed by atoms with Crippen molar-refractivity contribution in [3.05, 3.63) is 195 Å². The van der Waals surface area contributed by atoms with Crippen molar-refractivity contribution >= 4 is 94.5 Å². The molecule has 0 heterocycles. The van der Waals surface area contributed by atoms with Crippen LogP contribution in [-0.2, 0) is 28.6 Å². The number of nitrogen functional groups attached to an aromatic ring is 1. The van der Waals surface area contributed by atoms with Crippen LogP contribution in [0.2, 0.25) is 0 Å². The number of aromatic hydroxyl groups is 2. The number of aryl methyl sites for hydroxylation is 3. The van der Waals surface area contributed by atoms with Crippen molar-refractivity contribution in [2.45, 2.75) is 43.9 Å². The maximum atomic E-state index is 13.1. The molecule has 0 aromatic heterocycles. The molecule has 0 saturated heterocycles. The summed E-state index contributed by atoms with van der Waals surface area (Å²) in [5, 5.41) is 43.9. The minimum atomic E-state index is -3.90. The second kappa shape index (κ2) is 22.4. The quantitative estimate of drug-likeness (QED) is 0.0432. The molecule has 8 aromatic carbocycles. The SMILES string of the molecule is COS(=O)(=O)c1cc(N)c2c(O)c(N=Nc3ccccc3)c(C)cc2c1.COS(=O)(=O)c1ccc(N=Nc2cccc3c2=CCC(C)C=3)cc1.Cc1ccc(Nc2ccc(O)c3c2C(=O)c2ccccc2C3=O)c(C)c1. The lowest BCUT2D eigenvalue weighted by Crippen LogP contribution is -2.28. The average Bonchev–Trinajstić information content (AvgIpc) is 3.43. The molecular weight excluding hydrogens is 1000 g/mol. The number of phenolic OH excluding ortho intramolecular Hbond substituents is 2. The van der Waals surface area contributed by atoms with E-state index in [1.54, 1.807) is 67.6 Å². The van der Waals surface area contributed by atoms with Crippen LogP contribution in [0.25, 0.3) is 22.9 Å². The molecule has 2 aliphatic rings. The summed E-state index contributed by atoms with van der Waals surface area (Å²) in [5.41, 5.74) is 13.5. The Morgan fingerprint density at radius 2 is 1.24 bits per heavy atom. The number of azo groups is 2. The van der Waals surface area contributed by atoms with Gasteiger partial charge in [-0.2, -0.15) is 27.1 Å². The normalized spacial score (nSPS) is 13.8. The van der Waals surface area contributed by atoms with Gasteiger partial charge in [-0.1, -0.05) is 91.4 Å². The number of hydrogen-bond donors (Lipinski definition) is 4. The number of ketones is 2. The van der Waals surface area contributed by atoms with Crippen molar-refractivity contribution in [1.29, 1.82) is 0 Å². The van der Waals surface area contributed by atoms with E-state index in [1.807, 2.05) is 62.4 Å². The van der Waals surface area contributed by atoms with E-state index in [-0.39, 0.29) is 55.4 Å². The molecule has 0 bridgehead atoms. The number of phenols is 2. The largest absolute Gasteiger partial charge is 0.507 e. The highest BCUT2D eigenvalue weighted by Gasteiger charge is 2.34. The number of benzene rings is 8. The molecule has 1 unspecified atom stereocenters. The zero-order valence-corrected chi connectivity index (χ0v) is 43.8. The fourth-order valence-electron chi connectivity index (χ4n) is 8.62. The molecule has 16 nitrogen and oxygen atoms in total. The fourth-order valence-corrected chi connectivity index (χ4v) is 10.0. The first kappa shape index (κ1) is 53.6. The van der Waals surface area contributed by atoms with Crippen LogP contribution < -0.4 is 21.5 Å². The van der Waals surface area contributed by atoms with Crippen LogP contribution in [0.1, 0.15) is 61.9 Å². The van der Waals surface area contributed by atoms with Crippen LogP contribution in [0.4, 0.5) is 39.8 Å². The molecule has 386 valence electrons. The molecule has 0 fully saturated rings. The summed E-state index contributed by atoms with van der Waals surface area (Å²) in [6, 6.07) is 41.2. The number of nitrogens with zero attached hydrogens (tertiary/aromatic N) is 4. The van der Waals surface area contributed by atoms with Crippen molar-refractivity contribution < 1.29 is 45.0 Å². The first-order valence-electron chi connectivity index (χ1n) is 23.7. The van der Waals surface area contributed by atoms with E-state index in [9.17, 15) is 36.6 Å². The molecule has 0 radical (unpaired) electrons. The topological polar surface area (TPSA) is 249 Å². The standard InChI is InChI=1S/C22H17NO3.C18H17N3O4S.C18H18N2O3S/c1-12-7-8-16(13(2)11-12)23-17-9-10-18(24)20-19(17)21(25)14-5-3-4-6-15(14)22(20)26;1-11-8-12-9-14(26(23,24)25-2)10-15(19)16(12)18(22)17(11)21-20-13-6-4-3-5-7-13;1-13-6-11-17-14(12-13)4-3-5-18(17)20-19-15-7-9-16(10-8-15)24(21,22)23-2/h3-11,23-24H,1-2H3;3-10,22H,19H2,1-2H3;3-5,7-13H,6H2,1-2H3. The van der Waals surface area contributed by atoms with Gasteiger partial charge in [-0.05, 0) is 134 Å². The van der Waals surface area contributed by atoms with Gasteiger partial charge in [0.15, 0.2) is 17.3 Å². The highest BCUT2D eigenvalue weighted by atomic mass is 32.2. The zero-order chi connectivity index (χ0) is 54.5. The number of nitrogens with two attached hydrogens (primary N) is 1. The maximum Gasteiger partial charge on any atom is 0.296 e.